The van der Waals surface area contributed by atoms with E-state index in [1.165, 1.54) is 12.8 Å². The van der Waals surface area contributed by atoms with E-state index in [-0.39, 0.29) is 17.4 Å². The summed E-state index contributed by atoms with van der Waals surface area (Å²) in [5.74, 6) is -0.0910. The Hall–Kier alpha value is -3.93. The monoisotopic (exact) mass is 467 g/mol. The van der Waals surface area contributed by atoms with E-state index >= 15 is 0 Å². The SMILES string of the molecule is Cc1cc(C(=O)O)c2nc(-c3ccc(-c4ccc(NC(=O)C5CCCCCC5)cc4)cc3)[nH]c2c1. The van der Waals surface area contributed by atoms with Gasteiger partial charge in [-0.2, -0.15) is 0 Å². The summed E-state index contributed by atoms with van der Waals surface area (Å²) in [6, 6.07) is 19.5. The van der Waals surface area contributed by atoms with Crippen LogP contribution in [0.3, 0.4) is 0 Å². The molecule has 1 amide bonds. The number of nitrogens with zero attached hydrogens (tertiary/aromatic N) is 1. The van der Waals surface area contributed by atoms with Gasteiger partial charge in [-0.1, -0.05) is 62.1 Å². The lowest BCUT2D eigenvalue weighted by atomic mass is 9.99. The Labute approximate surface area is 204 Å². The molecule has 178 valence electrons. The summed E-state index contributed by atoms with van der Waals surface area (Å²) in [6.07, 6.45) is 6.72. The Balaban J connectivity index is 1.31. The number of fused-ring (bicyclic) bond motifs is 1. The number of carboxylic acids is 1. The number of aromatic nitrogens is 2. The van der Waals surface area contributed by atoms with Crippen LogP contribution in [-0.4, -0.2) is 27.0 Å². The number of carboxylic acid groups (broad SMARTS) is 1. The van der Waals surface area contributed by atoms with Crippen molar-refractivity contribution in [1.82, 2.24) is 9.97 Å². The summed E-state index contributed by atoms with van der Waals surface area (Å²) < 4.78 is 0. The van der Waals surface area contributed by atoms with Crippen molar-refractivity contribution in [3.63, 3.8) is 0 Å². The topological polar surface area (TPSA) is 95.1 Å². The average molecular weight is 468 g/mol. The maximum absolute atomic E-state index is 12.6. The molecule has 3 aromatic carbocycles. The van der Waals surface area contributed by atoms with Crippen LogP contribution in [-0.2, 0) is 4.79 Å². The standard InChI is InChI=1S/C29H29N3O3/c1-18-16-24(29(34)35)26-25(17-18)31-27(32-26)21-10-8-19(9-11-21)20-12-14-23(15-13-20)30-28(33)22-6-4-2-3-5-7-22/h8-17,22H,2-7H2,1H3,(H,30,33)(H,31,32)(H,34,35). The van der Waals surface area contributed by atoms with Gasteiger partial charge in [0.25, 0.3) is 0 Å². The van der Waals surface area contributed by atoms with Crippen LogP contribution < -0.4 is 5.32 Å². The summed E-state index contributed by atoms with van der Waals surface area (Å²) in [5.41, 5.74) is 6.05. The highest BCUT2D eigenvalue weighted by atomic mass is 16.4. The molecule has 6 nitrogen and oxygen atoms in total. The summed E-state index contributed by atoms with van der Waals surface area (Å²) in [7, 11) is 0. The summed E-state index contributed by atoms with van der Waals surface area (Å²) >= 11 is 0. The van der Waals surface area contributed by atoms with Crippen molar-refractivity contribution in [3.8, 4) is 22.5 Å². The number of imidazole rings is 1. The maximum atomic E-state index is 12.6. The molecule has 1 aliphatic rings. The van der Waals surface area contributed by atoms with Crippen LogP contribution in [0.5, 0.6) is 0 Å². The molecule has 1 aromatic heterocycles. The first kappa shape index (κ1) is 22.8. The van der Waals surface area contributed by atoms with E-state index in [4.69, 9.17) is 0 Å². The van der Waals surface area contributed by atoms with Gasteiger partial charge >= 0.3 is 5.97 Å². The fourth-order valence-electron chi connectivity index (χ4n) is 4.91. The van der Waals surface area contributed by atoms with Gasteiger partial charge in [-0.05, 0) is 60.7 Å². The van der Waals surface area contributed by atoms with Gasteiger partial charge in [0, 0.05) is 17.2 Å². The van der Waals surface area contributed by atoms with Crippen LogP contribution >= 0.6 is 0 Å². The molecule has 0 radical (unpaired) electrons. The third-order valence-corrected chi connectivity index (χ3v) is 6.83. The molecule has 1 heterocycles. The van der Waals surface area contributed by atoms with Crippen molar-refractivity contribution >= 4 is 28.6 Å². The number of aromatic amines is 1. The zero-order valence-electron chi connectivity index (χ0n) is 19.8. The minimum atomic E-state index is -0.985. The Morgan fingerprint density at radius 1 is 0.886 bits per heavy atom. The molecule has 0 bridgehead atoms. The number of H-pyrrole nitrogens is 1. The molecule has 0 unspecified atom stereocenters. The molecule has 0 atom stereocenters. The first-order valence-electron chi connectivity index (χ1n) is 12.2. The van der Waals surface area contributed by atoms with Crippen LogP contribution in [0.15, 0.2) is 60.7 Å². The van der Waals surface area contributed by atoms with Crippen molar-refractivity contribution in [2.24, 2.45) is 5.92 Å². The molecule has 0 spiro atoms. The van der Waals surface area contributed by atoms with Gasteiger partial charge in [0.2, 0.25) is 5.91 Å². The van der Waals surface area contributed by atoms with E-state index in [9.17, 15) is 14.7 Å². The molecule has 1 aliphatic carbocycles. The maximum Gasteiger partial charge on any atom is 0.337 e. The van der Waals surface area contributed by atoms with Gasteiger partial charge in [-0.15, -0.1) is 0 Å². The first-order chi connectivity index (χ1) is 17.0. The largest absolute Gasteiger partial charge is 0.478 e. The normalized spacial score (nSPS) is 14.5. The second-order valence-electron chi connectivity index (χ2n) is 9.43. The number of amides is 1. The van der Waals surface area contributed by atoms with E-state index < -0.39 is 5.97 Å². The Bertz CT molecular complexity index is 1360. The number of carbonyl (C=O) groups is 2. The zero-order valence-corrected chi connectivity index (χ0v) is 19.8. The second-order valence-corrected chi connectivity index (χ2v) is 9.43. The number of carbonyl (C=O) groups excluding carboxylic acids is 1. The van der Waals surface area contributed by atoms with Crippen molar-refractivity contribution in [2.75, 3.05) is 5.32 Å². The molecule has 6 heteroatoms. The van der Waals surface area contributed by atoms with Crippen LogP contribution in [0.4, 0.5) is 5.69 Å². The highest BCUT2D eigenvalue weighted by Crippen LogP contribution is 2.28. The fraction of sp³-hybridized carbons (Fsp3) is 0.276. The fourth-order valence-corrected chi connectivity index (χ4v) is 4.91. The summed E-state index contributed by atoms with van der Waals surface area (Å²) in [4.78, 5) is 32.1. The molecule has 4 aromatic rings. The Morgan fingerprint density at radius 2 is 1.49 bits per heavy atom. The number of benzene rings is 3. The van der Waals surface area contributed by atoms with Crippen LogP contribution in [0.25, 0.3) is 33.5 Å². The molecule has 1 fully saturated rings. The van der Waals surface area contributed by atoms with E-state index in [2.05, 4.69) is 15.3 Å². The quantitative estimate of drug-likeness (QED) is 0.281. The number of aryl methyl sites for hydroxylation is 1. The molecule has 35 heavy (non-hydrogen) atoms. The molecule has 0 saturated heterocycles. The lowest BCUT2D eigenvalue weighted by Gasteiger charge is -2.14. The summed E-state index contributed by atoms with van der Waals surface area (Å²) in [5, 5.41) is 12.6. The van der Waals surface area contributed by atoms with Gasteiger partial charge in [0.05, 0.1) is 11.1 Å². The van der Waals surface area contributed by atoms with E-state index in [0.717, 1.165) is 53.6 Å². The predicted molar refractivity (Wildman–Crippen MR) is 138 cm³/mol. The minimum Gasteiger partial charge on any atom is -0.478 e. The molecule has 0 aliphatic heterocycles. The lowest BCUT2D eigenvalue weighted by Crippen LogP contribution is -2.22. The third kappa shape index (κ3) is 4.97. The summed E-state index contributed by atoms with van der Waals surface area (Å²) in [6.45, 7) is 1.87. The smallest absolute Gasteiger partial charge is 0.337 e. The van der Waals surface area contributed by atoms with E-state index in [0.29, 0.717) is 16.9 Å². The first-order valence-corrected chi connectivity index (χ1v) is 12.2. The molecular formula is C29H29N3O3. The van der Waals surface area contributed by atoms with Crippen molar-refractivity contribution in [2.45, 2.75) is 45.4 Å². The molecule has 5 rings (SSSR count). The van der Waals surface area contributed by atoms with Gasteiger partial charge in [-0.3, -0.25) is 4.79 Å². The molecular weight excluding hydrogens is 438 g/mol. The minimum absolute atomic E-state index is 0.124. The lowest BCUT2D eigenvalue weighted by molar-refractivity contribution is -0.120. The van der Waals surface area contributed by atoms with Crippen molar-refractivity contribution in [3.05, 3.63) is 71.8 Å². The number of hydrogen-bond acceptors (Lipinski definition) is 3. The van der Waals surface area contributed by atoms with Crippen LogP contribution in [0, 0.1) is 12.8 Å². The van der Waals surface area contributed by atoms with Gasteiger partial charge in [0.1, 0.15) is 11.3 Å². The number of anilines is 1. The molecule has 3 N–H and O–H groups in total. The van der Waals surface area contributed by atoms with Gasteiger partial charge in [0.15, 0.2) is 0 Å². The number of aromatic carboxylic acids is 1. The Kier molecular flexibility index (Phi) is 6.36. The highest BCUT2D eigenvalue weighted by molar-refractivity contribution is 6.02. The third-order valence-electron chi connectivity index (χ3n) is 6.83. The van der Waals surface area contributed by atoms with E-state index in [1.807, 2.05) is 61.5 Å². The number of hydrogen-bond donors (Lipinski definition) is 3. The number of nitrogens with one attached hydrogen (secondary N) is 2. The van der Waals surface area contributed by atoms with Crippen molar-refractivity contribution in [1.29, 1.82) is 0 Å². The highest BCUT2D eigenvalue weighted by Gasteiger charge is 2.20. The van der Waals surface area contributed by atoms with Gasteiger partial charge < -0.3 is 15.4 Å². The van der Waals surface area contributed by atoms with Gasteiger partial charge in [-0.25, -0.2) is 9.78 Å². The van der Waals surface area contributed by atoms with E-state index in [1.54, 1.807) is 6.07 Å². The van der Waals surface area contributed by atoms with Crippen LogP contribution in [0.1, 0.15) is 54.4 Å². The van der Waals surface area contributed by atoms with Crippen molar-refractivity contribution < 1.29 is 14.7 Å². The second kappa shape index (κ2) is 9.74. The number of rotatable bonds is 5. The zero-order chi connectivity index (χ0) is 24.4. The average Bonchev–Trinajstić information content (AvgIpc) is 3.08. The molecule has 1 saturated carbocycles. The Morgan fingerprint density at radius 3 is 2.11 bits per heavy atom. The predicted octanol–water partition coefficient (Wildman–Crippen LogP) is 6.81. The van der Waals surface area contributed by atoms with Crippen LogP contribution in [0.2, 0.25) is 0 Å².